The van der Waals surface area contributed by atoms with Gasteiger partial charge >= 0.3 is 0 Å². The first-order valence-corrected chi connectivity index (χ1v) is 13.1. The fourth-order valence-electron chi connectivity index (χ4n) is 3.81. The highest BCUT2D eigenvalue weighted by Gasteiger charge is 2.24. The average Bonchev–Trinajstić information content (AvgIpc) is 2.93. The van der Waals surface area contributed by atoms with Crippen LogP contribution in [0.1, 0.15) is 5.56 Å². The van der Waals surface area contributed by atoms with Crippen LogP contribution in [0.3, 0.4) is 0 Å². The van der Waals surface area contributed by atoms with Gasteiger partial charge in [-0.1, -0.05) is 12.1 Å². The van der Waals surface area contributed by atoms with Crippen molar-refractivity contribution in [3.05, 3.63) is 78.4 Å². The van der Waals surface area contributed by atoms with Crippen molar-refractivity contribution in [2.45, 2.75) is 4.90 Å². The van der Waals surface area contributed by atoms with Crippen LogP contribution in [0.2, 0.25) is 0 Å². The van der Waals surface area contributed by atoms with Gasteiger partial charge in [-0.05, 0) is 66.2 Å². The molecule has 37 heavy (non-hydrogen) atoms. The van der Waals surface area contributed by atoms with Crippen molar-refractivity contribution in [2.24, 2.45) is 0 Å². The van der Waals surface area contributed by atoms with Crippen molar-refractivity contribution >= 4 is 39.1 Å². The van der Waals surface area contributed by atoms with E-state index in [1.54, 1.807) is 68.8 Å². The molecular weight excluding hydrogens is 494 g/mol. The van der Waals surface area contributed by atoms with E-state index in [1.807, 2.05) is 17.0 Å². The maximum Gasteiger partial charge on any atom is 0.264 e. The molecule has 1 aliphatic rings. The molecule has 0 unspecified atom stereocenters. The fourth-order valence-corrected chi connectivity index (χ4v) is 5.12. The summed E-state index contributed by atoms with van der Waals surface area (Å²) in [6.45, 7) is 2.11. The molecular formula is C27H29N3O6S. The van der Waals surface area contributed by atoms with E-state index in [2.05, 4.69) is 10.0 Å². The van der Waals surface area contributed by atoms with Gasteiger partial charge in [0, 0.05) is 30.5 Å². The van der Waals surface area contributed by atoms with Gasteiger partial charge < -0.3 is 24.4 Å². The van der Waals surface area contributed by atoms with Crippen LogP contribution in [0.15, 0.2) is 77.7 Å². The zero-order valence-corrected chi connectivity index (χ0v) is 21.5. The molecule has 0 aromatic heterocycles. The summed E-state index contributed by atoms with van der Waals surface area (Å²) in [5, 5.41) is 2.75. The van der Waals surface area contributed by atoms with Gasteiger partial charge in [-0.2, -0.15) is 0 Å². The van der Waals surface area contributed by atoms with Crippen molar-refractivity contribution in [1.29, 1.82) is 0 Å². The Morgan fingerprint density at radius 3 is 2.11 bits per heavy atom. The number of ether oxygens (including phenoxy) is 3. The molecule has 10 heteroatoms. The summed E-state index contributed by atoms with van der Waals surface area (Å²) < 4.78 is 45.3. The number of methoxy groups -OCH3 is 2. The molecule has 2 N–H and O–H groups in total. The number of carbonyl (C=O) groups is 1. The molecule has 1 heterocycles. The third kappa shape index (κ3) is 6.81. The number of hydrogen-bond donors (Lipinski definition) is 2. The molecule has 1 aliphatic heterocycles. The molecule has 1 fully saturated rings. The van der Waals surface area contributed by atoms with E-state index in [0.717, 1.165) is 11.3 Å². The van der Waals surface area contributed by atoms with Crippen molar-refractivity contribution in [1.82, 2.24) is 0 Å². The number of rotatable bonds is 9. The smallest absolute Gasteiger partial charge is 0.264 e. The van der Waals surface area contributed by atoms with E-state index in [4.69, 9.17) is 14.2 Å². The first-order chi connectivity index (χ1) is 17.9. The van der Waals surface area contributed by atoms with Crippen LogP contribution >= 0.6 is 0 Å². The molecule has 194 valence electrons. The predicted molar refractivity (Wildman–Crippen MR) is 144 cm³/mol. The average molecular weight is 524 g/mol. The minimum absolute atomic E-state index is 0.0575. The Bertz CT molecular complexity index is 1350. The SMILES string of the molecule is COc1ccc(C=CC(=O)Nc2ccc(N3CCOCC3)c(S(=O)(=O)Nc3ccc(OC)cc3)c2)cc1. The Labute approximate surface area is 216 Å². The lowest BCUT2D eigenvalue weighted by molar-refractivity contribution is -0.111. The number of nitrogens with zero attached hydrogens (tertiary/aromatic N) is 1. The highest BCUT2D eigenvalue weighted by Crippen LogP contribution is 2.31. The number of morpholine rings is 1. The van der Waals surface area contributed by atoms with Crippen molar-refractivity contribution in [3.63, 3.8) is 0 Å². The maximum atomic E-state index is 13.5. The molecule has 0 saturated carbocycles. The predicted octanol–water partition coefficient (Wildman–Crippen LogP) is 3.99. The van der Waals surface area contributed by atoms with E-state index in [9.17, 15) is 13.2 Å². The largest absolute Gasteiger partial charge is 0.497 e. The monoisotopic (exact) mass is 523 g/mol. The Morgan fingerprint density at radius 1 is 0.892 bits per heavy atom. The van der Waals surface area contributed by atoms with E-state index in [0.29, 0.717) is 49.1 Å². The molecule has 0 atom stereocenters. The van der Waals surface area contributed by atoms with Crippen molar-refractivity contribution in [3.8, 4) is 11.5 Å². The van der Waals surface area contributed by atoms with Gasteiger partial charge in [-0.25, -0.2) is 8.42 Å². The summed E-state index contributed by atoms with van der Waals surface area (Å²) in [4.78, 5) is 14.6. The summed E-state index contributed by atoms with van der Waals surface area (Å²) in [6, 6.07) is 18.7. The molecule has 1 amide bonds. The Kier molecular flexibility index (Phi) is 8.32. The van der Waals surface area contributed by atoms with Crippen molar-refractivity contribution < 1.29 is 27.4 Å². The molecule has 4 rings (SSSR count). The van der Waals surface area contributed by atoms with Gasteiger partial charge in [0.05, 0.1) is 33.1 Å². The number of sulfonamides is 1. The van der Waals surface area contributed by atoms with E-state index in [1.165, 1.54) is 12.1 Å². The number of hydrogen-bond acceptors (Lipinski definition) is 7. The second-order valence-corrected chi connectivity index (χ2v) is 9.86. The zero-order chi connectivity index (χ0) is 26.3. The molecule has 3 aromatic carbocycles. The minimum atomic E-state index is -3.99. The van der Waals surface area contributed by atoms with Gasteiger partial charge in [0.25, 0.3) is 10.0 Å². The fraction of sp³-hybridized carbons (Fsp3) is 0.222. The molecule has 9 nitrogen and oxygen atoms in total. The van der Waals surface area contributed by atoms with E-state index in [-0.39, 0.29) is 10.8 Å². The topological polar surface area (TPSA) is 106 Å². The standard InChI is InChI=1S/C27H29N3O6S/c1-34-23-9-3-20(4-10-23)5-14-27(31)28-22-8-13-25(30-15-17-36-18-16-30)26(19-22)37(32,33)29-21-6-11-24(35-2)12-7-21/h3-14,19,29H,15-18H2,1-2H3,(H,28,31). The van der Waals surface area contributed by atoms with Crippen molar-refractivity contribution in [2.75, 3.05) is 55.5 Å². The van der Waals surface area contributed by atoms with E-state index >= 15 is 0 Å². The summed E-state index contributed by atoms with van der Waals surface area (Å²) in [5.74, 6) is 0.949. The quantitative estimate of drug-likeness (QED) is 0.409. The van der Waals surface area contributed by atoms with Gasteiger partial charge in [0.1, 0.15) is 16.4 Å². The van der Waals surface area contributed by atoms with Gasteiger partial charge in [0.15, 0.2) is 0 Å². The summed E-state index contributed by atoms with van der Waals surface area (Å²) in [6.07, 6.45) is 3.06. The lowest BCUT2D eigenvalue weighted by atomic mass is 10.2. The van der Waals surface area contributed by atoms with Gasteiger partial charge in [0.2, 0.25) is 5.91 Å². The second-order valence-electron chi connectivity index (χ2n) is 8.21. The third-order valence-corrected chi connectivity index (χ3v) is 7.16. The van der Waals surface area contributed by atoms with E-state index < -0.39 is 10.0 Å². The number of amides is 1. The van der Waals surface area contributed by atoms with Gasteiger partial charge in [-0.15, -0.1) is 0 Å². The highest BCUT2D eigenvalue weighted by atomic mass is 32.2. The molecule has 1 saturated heterocycles. The lowest BCUT2D eigenvalue weighted by Gasteiger charge is -2.30. The summed E-state index contributed by atoms with van der Waals surface area (Å²) >= 11 is 0. The van der Waals surface area contributed by atoms with Crippen LogP contribution in [0, 0.1) is 0 Å². The number of anilines is 3. The molecule has 0 bridgehead atoms. The van der Waals surface area contributed by atoms with Crippen LogP contribution in [0.25, 0.3) is 6.08 Å². The third-order valence-electron chi connectivity index (χ3n) is 5.75. The van der Waals surface area contributed by atoms with Crippen LogP contribution in [0.5, 0.6) is 11.5 Å². The normalized spacial score (nSPS) is 13.8. The zero-order valence-electron chi connectivity index (χ0n) is 20.6. The van der Waals surface area contributed by atoms with Crippen LogP contribution < -0.4 is 24.4 Å². The molecule has 0 spiro atoms. The number of carbonyl (C=O) groups excluding carboxylic acids is 1. The minimum Gasteiger partial charge on any atom is -0.497 e. The van der Waals surface area contributed by atoms with Crippen LogP contribution in [-0.2, 0) is 19.6 Å². The second kappa shape index (κ2) is 11.8. The highest BCUT2D eigenvalue weighted by molar-refractivity contribution is 7.92. The lowest BCUT2D eigenvalue weighted by Crippen LogP contribution is -2.37. The van der Waals surface area contributed by atoms with Gasteiger partial charge in [-0.3, -0.25) is 9.52 Å². The molecule has 0 aliphatic carbocycles. The first-order valence-electron chi connectivity index (χ1n) is 11.6. The molecule has 3 aromatic rings. The number of nitrogens with one attached hydrogen (secondary N) is 2. The maximum absolute atomic E-state index is 13.5. The van der Waals surface area contributed by atoms with Crippen LogP contribution in [-0.4, -0.2) is 54.8 Å². The Balaban J connectivity index is 1.58. The molecule has 0 radical (unpaired) electrons. The van der Waals surface area contributed by atoms with Crippen LogP contribution in [0.4, 0.5) is 17.1 Å². The Hall–Kier alpha value is -4.02. The number of benzene rings is 3. The summed E-state index contributed by atoms with van der Waals surface area (Å²) in [7, 11) is -0.859. The first kappa shape index (κ1) is 26.1. The summed E-state index contributed by atoms with van der Waals surface area (Å²) in [5.41, 5.74) is 2.11. The Morgan fingerprint density at radius 2 is 1.49 bits per heavy atom.